The van der Waals surface area contributed by atoms with E-state index in [1.165, 1.54) is 6.07 Å². The van der Waals surface area contributed by atoms with Gasteiger partial charge in [-0.15, -0.1) is 0 Å². The third kappa shape index (κ3) is 6.12. The van der Waals surface area contributed by atoms with E-state index in [1.807, 2.05) is 13.0 Å². The summed E-state index contributed by atoms with van der Waals surface area (Å²) in [6.45, 7) is 10.3. The Bertz CT molecular complexity index is 467. The Morgan fingerprint density at radius 2 is 2.05 bits per heavy atom. The van der Waals surface area contributed by atoms with Crippen LogP contribution in [0.1, 0.15) is 46.1 Å². The Morgan fingerprint density at radius 3 is 2.62 bits per heavy atom. The molecule has 0 aromatic heterocycles. The molecule has 0 aliphatic rings. The van der Waals surface area contributed by atoms with Gasteiger partial charge >= 0.3 is 0 Å². The van der Waals surface area contributed by atoms with Gasteiger partial charge < -0.3 is 10.1 Å². The molecule has 5 heteroatoms. The summed E-state index contributed by atoms with van der Waals surface area (Å²) >= 11 is 0. The Hall–Kier alpha value is -1.62. The summed E-state index contributed by atoms with van der Waals surface area (Å²) in [5.74, 6) is 0. The Balaban J connectivity index is 2.75. The van der Waals surface area contributed by atoms with Crippen LogP contribution in [0.5, 0.6) is 0 Å². The largest absolute Gasteiger partial charge is 0.379 e. The van der Waals surface area contributed by atoms with E-state index in [2.05, 4.69) is 26.1 Å². The normalized spacial score (nSPS) is 11.4. The quantitative estimate of drug-likeness (QED) is 0.439. The molecule has 0 saturated heterocycles. The number of nitrogens with zero attached hydrogens (tertiary/aromatic N) is 1. The van der Waals surface area contributed by atoms with E-state index in [1.54, 1.807) is 6.07 Å². The molecule has 0 aliphatic heterocycles. The second-order valence-corrected chi connectivity index (χ2v) is 6.36. The van der Waals surface area contributed by atoms with E-state index >= 15 is 0 Å². The van der Waals surface area contributed by atoms with Crippen molar-refractivity contribution < 1.29 is 9.66 Å². The molecule has 0 atom stereocenters. The number of anilines is 1. The minimum Gasteiger partial charge on any atom is -0.379 e. The molecule has 0 aliphatic carbocycles. The highest BCUT2D eigenvalue weighted by molar-refractivity contribution is 5.66. The molecule has 0 bridgehead atoms. The van der Waals surface area contributed by atoms with Crippen molar-refractivity contribution >= 4 is 11.4 Å². The third-order valence-corrected chi connectivity index (χ3v) is 3.13. The second kappa shape index (κ2) is 7.98. The predicted molar refractivity (Wildman–Crippen MR) is 85.6 cm³/mol. The standard InChI is InChI=1S/C16H26N2O3/c1-5-10-17-15-13(7-6-8-14(15)18(19)20)12-21-11-9-16(2,3)4/h6-8,17H,5,9-12H2,1-4H3. The van der Waals surface area contributed by atoms with E-state index < -0.39 is 0 Å². The lowest BCUT2D eigenvalue weighted by atomic mass is 9.93. The number of nitro benzene ring substituents is 1. The van der Waals surface area contributed by atoms with Crippen LogP contribution in [0.15, 0.2) is 18.2 Å². The molecule has 118 valence electrons. The average Bonchev–Trinajstić information content (AvgIpc) is 2.40. The molecule has 1 N–H and O–H groups in total. The van der Waals surface area contributed by atoms with E-state index in [0.29, 0.717) is 25.4 Å². The minimum absolute atomic E-state index is 0.111. The van der Waals surface area contributed by atoms with E-state index in [4.69, 9.17) is 4.74 Å². The monoisotopic (exact) mass is 294 g/mol. The van der Waals surface area contributed by atoms with Crippen LogP contribution in [0.3, 0.4) is 0 Å². The Morgan fingerprint density at radius 1 is 1.33 bits per heavy atom. The van der Waals surface area contributed by atoms with Crippen molar-refractivity contribution in [3.63, 3.8) is 0 Å². The number of hydrogen-bond acceptors (Lipinski definition) is 4. The number of rotatable bonds is 8. The maximum Gasteiger partial charge on any atom is 0.292 e. The first-order valence-corrected chi connectivity index (χ1v) is 7.43. The smallest absolute Gasteiger partial charge is 0.292 e. The van der Waals surface area contributed by atoms with Crippen LogP contribution >= 0.6 is 0 Å². The first kappa shape index (κ1) is 17.4. The SMILES string of the molecule is CCCNc1c(COCCC(C)(C)C)cccc1[N+](=O)[O-]. The van der Waals surface area contributed by atoms with Gasteiger partial charge in [0.1, 0.15) is 5.69 Å². The molecular formula is C16H26N2O3. The molecule has 1 rings (SSSR count). The van der Waals surface area contributed by atoms with E-state index in [-0.39, 0.29) is 16.0 Å². The lowest BCUT2D eigenvalue weighted by Crippen LogP contribution is -2.11. The van der Waals surface area contributed by atoms with Crippen LogP contribution in [0, 0.1) is 15.5 Å². The Labute approximate surface area is 126 Å². The van der Waals surface area contributed by atoms with Gasteiger partial charge in [-0.2, -0.15) is 0 Å². The molecule has 0 unspecified atom stereocenters. The number of nitro groups is 1. The molecule has 0 spiro atoms. The first-order chi connectivity index (χ1) is 9.85. The van der Waals surface area contributed by atoms with Gasteiger partial charge in [-0.3, -0.25) is 10.1 Å². The summed E-state index contributed by atoms with van der Waals surface area (Å²) in [7, 11) is 0. The molecule has 1 aromatic rings. The number of benzene rings is 1. The molecule has 0 heterocycles. The van der Waals surface area contributed by atoms with Crippen LogP contribution in [0.25, 0.3) is 0 Å². The van der Waals surface area contributed by atoms with Crippen LogP contribution < -0.4 is 5.32 Å². The van der Waals surface area contributed by atoms with Crippen molar-refractivity contribution in [1.82, 2.24) is 0 Å². The van der Waals surface area contributed by atoms with Crippen LogP contribution in [-0.2, 0) is 11.3 Å². The fourth-order valence-electron chi connectivity index (χ4n) is 1.87. The summed E-state index contributed by atoms with van der Waals surface area (Å²) in [5.41, 5.74) is 1.76. The molecule has 5 nitrogen and oxygen atoms in total. The topological polar surface area (TPSA) is 64.4 Å². The molecule has 0 radical (unpaired) electrons. The van der Waals surface area contributed by atoms with Crippen molar-refractivity contribution in [2.45, 2.75) is 47.1 Å². The van der Waals surface area contributed by atoms with Gasteiger partial charge in [0.15, 0.2) is 0 Å². The van der Waals surface area contributed by atoms with Crippen molar-refractivity contribution in [3.05, 3.63) is 33.9 Å². The van der Waals surface area contributed by atoms with Crippen molar-refractivity contribution in [2.75, 3.05) is 18.5 Å². The van der Waals surface area contributed by atoms with Crippen LogP contribution in [0.4, 0.5) is 11.4 Å². The van der Waals surface area contributed by atoms with Crippen molar-refractivity contribution in [2.24, 2.45) is 5.41 Å². The predicted octanol–water partition coefficient (Wildman–Crippen LogP) is 4.37. The summed E-state index contributed by atoms with van der Waals surface area (Å²) in [4.78, 5) is 10.8. The first-order valence-electron chi connectivity index (χ1n) is 7.43. The Kier molecular flexibility index (Phi) is 6.62. The van der Waals surface area contributed by atoms with Gasteiger partial charge in [0.05, 0.1) is 11.5 Å². The highest BCUT2D eigenvalue weighted by Crippen LogP contribution is 2.29. The van der Waals surface area contributed by atoms with Crippen molar-refractivity contribution in [1.29, 1.82) is 0 Å². The van der Waals surface area contributed by atoms with Gasteiger partial charge in [0, 0.05) is 24.8 Å². The van der Waals surface area contributed by atoms with Gasteiger partial charge in [-0.1, -0.05) is 39.8 Å². The second-order valence-electron chi connectivity index (χ2n) is 6.36. The molecule has 0 fully saturated rings. The van der Waals surface area contributed by atoms with Gasteiger partial charge in [0.25, 0.3) is 5.69 Å². The highest BCUT2D eigenvalue weighted by atomic mass is 16.6. The molecule has 0 amide bonds. The van der Waals surface area contributed by atoms with Crippen molar-refractivity contribution in [3.8, 4) is 0 Å². The molecule has 1 aromatic carbocycles. The number of ether oxygens (including phenoxy) is 1. The molecule has 21 heavy (non-hydrogen) atoms. The van der Waals surface area contributed by atoms with Gasteiger partial charge in [-0.25, -0.2) is 0 Å². The highest BCUT2D eigenvalue weighted by Gasteiger charge is 2.17. The van der Waals surface area contributed by atoms with Gasteiger partial charge in [0.2, 0.25) is 0 Å². The van der Waals surface area contributed by atoms with Crippen LogP contribution in [0.2, 0.25) is 0 Å². The average molecular weight is 294 g/mol. The van der Waals surface area contributed by atoms with E-state index in [0.717, 1.165) is 18.4 Å². The maximum absolute atomic E-state index is 11.1. The fourth-order valence-corrected chi connectivity index (χ4v) is 1.87. The minimum atomic E-state index is -0.351. The molecular weight excluding hydrogens is 268 g/mol. The maximum atomic E-state index is 11.1. The van der Waals surface area contributed by atoms with Gasteiger partial charge in [-0.05, 0) is 18.3 Å². The number of hydrogen-bond donors (Lipinski definition) is 1. The van der Waals surface area contributed by atoms with E-state index in [9.17, 15) is 10.1 Å². The lowest BCUT2D eigenvalue weighted by molar-refractivity contribution is -0.384. The summed E-state index contributed by atoms with van der Waals surface area (Å²) in [6.07, 6.45) is 1.87. The summed E-state index contributed by atoms with van der Waals surface area (Å²) < 4.78 is 5.69. The third-order valence-electron chi connectivity index (χ3n) is 3.13. The zero-order chi connectivity index (χ0) is 15.9. The number of nitrogens with one attached hydrogen (secondary N) is 1. The van der Waals surface area contributed by atoms with Crippen LogP contribution in [-0.4, -0.2) is 18.1 Å². The lowest BCUT2D eigenvalue weighted by Gasteiger charge is -2.18. The zero-order valence-electron chi connectivity index (χ0n) is 13.4. The number of para-hydroxylation sites is 1. The fraction of sp³-hybridized carbons (Fsp3) is 0.625. The summed E-state index contributed by atoms with van der Waals surface area (Å²) in [5, 5.41) is 14.3. The zero-order valence-corrected chi connectivity index (χ0v) is 13.4. The molecule has 0 saturated carbocycles. The summed E-state index contributed by atoms with van der Waals surface area (Å²) in [6, 6.07) is 5.11.